The van der Waals surface area contributed by atoms with E-state index in [0.717, 1.165) is 72.9 Å². The summed E-state index contributed by atoms with van der Waals surface area (Å²) in [7, 11) is 2.02. The van der Waals surface area contributed by atoms with Gasteiger partial charge in [-0.2, -0.15) is 4.98 Å². The summed E-state index contributed by atoms with van der Waals surface area (Å²) in [6.07, 6.45) is 8.64. The third kappa shape index (κ3) is 6.93. The molecular weight excluding hydrogens is 712 g/mol. The van der Waals surface area contributed by atoms with Crippen LogP contribution in [-0.2, 0) is 22.7 Å². The summed E-state index contributed by atoms with van der Waals surface area (Å²) in [5.74, 6) is -0.293. The summed E-state index contributed by atoms with van der Waals surface area (Å²) in [4.78, 5) is 57.6. The van der Waals surface area contributed by atoms with Gasteiger partial charge in [-0.1, -0.05) is 37.1 Å². The van der Waals surface area contributed by atoms with Gasteiger partial charge in [-0.3, -0.25) is 29.2 Å². The fourth-order valence-electron chi connectivity index (χ4n) is 8.82. The van der Waals surface area contributed by atoms with E-state index in [1.165, 1.54) is 17.7 Å². The van der Waals surface area contributed by atoms with Crippen LogP contribution in [0, 0.1) is 5.82 Å². The number of anilines is 5. The van der Waals surface area contributed by atoms with Gasteiger partial charge in [-0.25, -0.2) is 14.4 Å². The maximum atomic E-state index is 15.9. The minimum absolute atomic E-state index is 0.0264. The molecule has 56 heavy (non-hydrogen) atoms. The first kappa shape index (κ1) is 35.8. The number of amides is 3. The Morgan fingerprint density at radius 1 is 0.875 bits per heavy atom. The summed E-state index contributed by atoms with van der Waals surface area (Å²) in [6.45, 7) is 2.18. The zero-order chi connectivity index (χ0) is 38.3. The van der Waals surface area contributed by atoms with Crippen molar-refractivity contribution in [3.8, 4) is 0 Å². The predicted molar refractivity (Wildman–Crippen MR) is 211 cm³/mol. The van der Waals surface area contributed by atoms with Crippen molar-refractivity contribution < 1.29 is 18.8 Å². The fraction of sp³-hybridized carbons (Fsp3) is 0.381. The highest BCUT2D eigenvalue weighted by Crippen LogP contribution is 2.36. The largest absolute Gasteiger partial charge is 0.371 e. The Morgan fingerprint density at radius 3 is 2.38 bits per heavy atom. The number of aromatic nitrogens is 4. The average Bonchev–Trinajstić information content (AvgIpc) is 3.95. The molecule has 1 aliphatic carbocycles. The number of hydrogen-bond donors (Lipinski definition) is 3. The van der Waals surface area contributed by atoms with Crippen LogP contribution in [0.3, 0.4) is 0 Å². The third-order valence-electron chi connectivity index (χ3n) is 11.9. The minimum atomic E-state index is -0.769. The third-order valence-corrected chi connectivity index (χ3v) is 11.9. The number of halogens is 1. The summed E-state index contributed by atoms with van der Waals surface area (Å²) in [5.41, 5.74) is 5.75. The Labute approximate surface area is 324 Å². The number of rotatable bonds is 10. The van der Waals surface area contributed by atoms with Crippen molar-refractivity contribution in [1.29, 1.82) is 0 Å². The lowest BCUT2D eigenvalue weighted by Gasteiger charge is -2.38. The zero-order valence-corrected chi connectivity index (χ0v) is 31.4. The van der Waals surface area contributed by atoms with Crippen molar-refractivity contribution >= 4 is 57.8 Å². The van der Waals surface area contributed by atoms with Gasteiger partial charge in [0.25, 0.3) is 5.91 Å². The molecule has 1 unspecified atom stereocenters. The van der Waals surface area contributed by atoms with Gasteiger partial charge in [-0.15, -0.1) is 0 Å². The Bertz CT molecular complexity index is 2280. The van der Waals surface area contributed by atoms with Gasteiger partial charge in [0.05, 0.1) is 12.7 Å². The van der Waals surface area contributed by atoms with E-state index >= 15 is 4.39 Å². The molecule has 0 spiro atoms. The molecule has 3 aromatic carbocycles. The lowest BCUT2D eigenvalue weighted by atomic mass is 10.0. The number of nitrogens with one attached hydrogen (secondary N) is 3. The number of imide groups is 1. The molecule has 5 heterocycles. The highest BCUT2D eigenvalue weighted by atomic mass is 19.1. The molecule has 1 saturated carbocycles. The van der Waals surface area contributed by atoms with Gasteiger partial charge in [-0.05, 0) is 81.6 Å². The lowest BCUT2D eigenvalue weighted by Crippen LogP contribution is -2.52. The average molecular weight is 757 g/mol. The standard InChI is InChI=1S/C42H45FN10O3/c1-50(24-26-11-16-32-33(37(26)43)25-52(40(32)56)35-17-18-36(54)48-39(35)55)29-19-21-51(22-20-29)30-14-12-28(13-15-30)45-41-44-23-34-38(49-41)53(31-9-5-6-10-31)42(47-34)46-27-7-3-2-4-8-27/h2-4,7-8,11-16,23,29,31,35H,5-6,9-10,17-22,24-25H2,1H3,(H,46,47)(H,44,45,49)(H,48,54,55). The number of para-hydroxylation sites is 1. The quantitative estimate of drug-likeness (QED) is 0.137. The summed E-state index contributed by atoms with van der Waals surface area (Å²) < 4.78 is 18.1. The van der Waals surface area contributed by atoms with Crippen LogP contribution in [-0.4, -0.2) is 79.3 Å². The number of hydrogen-bond acceptors (Lipinski definition) is 10. The number of nitrogens with zero attached hydrogens (tertiary/aromatic N) is 7. The smallest absolute Gasteiger partial charge is 0.255 e. The SMILES string of the molecule is CN(Cc1ccc2c(c1F)CN(C1CCC(=O)NC1=O)C2=O)C1CCN(c2ccc(Nc3ncc4nc(Nc5ccccc5)n(C5CCCC5)c4n3)cc2)CC1. The van der Waals surface area contributed by atoms with Crippen molar-refractivity contribution in [3.63, 3.8) is 0 Å². The Balaban J connectivity index is 0.815. The van der Waals surface area contributed by atoms with Crippen molar-refractivity contribution in [3.05, 3.63) is 95.4 Å². The molecule has 14 heteroatoms. The van der Waals surface area contributed by atoms with E-state index in [1.54, 1.807) is 18.3 Å². The first-order chi connectivity index (χ1) is 27.3. The molecule has 3 fully saturated rings. The number of imidazole rings is 1. The lowest BCUT2D eigenvalue weighted by molar-refractivity contribution is -0.136. The zero-order valence-electron chi connectivity index (χ0n) is 31.4. The second kappa shape index (κ2) is 15.0. The number of carbonyl (C=O) groups excluding carboxylic acids is 3. The number of piperidine rings is 2. The molecule has 13 nitrogen and oxygen atoms in total. The first-order valence-electron chi connectivity index (χ1n) is 19.6. The molecule has 1 atom stereocenters. The Kier molecular flexibility index (Phi) is 9.57. The van der Waals surface area contributed by atoms with Crippen molar-refractivity contribution in [1.82, 2.24) is 34.6 Å². The van der Waals surface area contributed by atoms with Crippen LogP contribution in [0.5, 0.6) is 0 Å². The predicted octanol–water partition coefficient (Wildman–Crippen LogP) is 6.43. The van der Waals surface area contributed by atoms with Crippen LogP contribution in [0.15, 0.2) is 72.9 Å². The maximum absolute atomic E-state index is 15.9. The van der Waals surface area contributed by atoms with E-state index in [1.807, 2.05) is 37.4 Å². The minimum Gasteiger partial charge on any atom is -0.371 e. The van der Waals surface area contributed by atoms with Crippen molar-refractivity contribution in [2.24, 2.45) is 0 Å². The Hall–Kier alpha value is -5.89. The molecule has 3 amide bonds. The van der Waals surface area contributed by atoms with Gasteiger partial charge < -0.3 is 20.4 Å². The molecule has 3 N–H and O–H groups in total. The number of fused-ring (bicyclic) bond motifs is 2. The molecule has 2 aromatic heterocycles. The van der Waals surface area contributed by atoms with Crippen LogP contribution in [0.2, 0.25) is 0 Å². The van der Waals surface area contributed by atoms with Crippen LogP contribution in [0.4, 0.5) is 33.3 Å². The van der Waals surface area contributed by atoms with Gasteiger partial charge in [0.1, 0.15) is 17.4 Å². The molecule has 9 rings (SSSR count). The van der Waals surface area contributed by atoms with Crippen LogP contribution >= 0.6 is 0 Å². The van der Waals surface area contributed by atoms with Gasteiger partial charge in [0.2, 0.25) is 23.7 Å². The van der Waals surface area contributed by atoms with Crippen LogP contribution in [0.25, 0.3) is 11.2 Å². The fourth-order valence-corrected chi connectivity index (χ4v) is 8.82. The highest BCUT2D eigenvalue weighted by molar-refractivity contribution is 6.05. The van der Waals surface area contributed by atoms with E-state index in [-0.39, 0.29) is 37.2 Å². The van der Waals surface area contributed by atoms with Crippen LogP contribution < -0.4 is 20.9 Å². The number of benzene rings is 3. The van der Waals surface area contributed by atoms with Gasteiger partial charge in [0.15, 0.2) is 5.65 Å². The topological polar surface area (TPSA) is 141 Å². The molecular formula is C42H45FN10O3. The second-order valence-electron chi connectivity index (χ2n) is 15.4. The van der Waals surface area contributed by atoms with Gasteiger partial charge in [0, 0.05) is 71.9 Å². The molecule has 3 aliphatic heterocycles. The summed E-state index contributed by atoms with van der Waals surface area (Å²) in [6, 6.07) is 21.6. The summed E-state index contributed by atoms with van der Waals surface area (Å²) >= 11 is 0. The van der Waals surface area contributed by atoms with E-state index in [4.69, 9.17) is 9.97 Å². The van der Waals surface area contributed by atoms with E-state index in [9.17, 15) is 14.4 Å². The Morgan fingerprint density at radius 2 is 1.62 bits per heavy atom. The second-order valence-corrected chi connectivity index (χ2v) is 15.4. The molecule has 288 valence electrons. The number of carbonyl (C=O) groups is 3. The van der Waals surface area contributed by atoms with Crippen molar-refractivity contribution in [2.75, 3.05) is 35.7 Å². The maximum Gasteiger partial charge on any atom is 0.255 e. The molecule has 4 aliphatic rings. The normalized spacial score (nSPS) is 19.3. The molecule has 2 saturated heterocycles. The molecule has 0 bridgehead atoms. The van der Waals surface area contributed by atoms with Gasteiger partial charge >= 0.3 is 0 Å². The monoisotopic (exact) mass is 756 g/mol. The van der Waals surface area contributed by atoms with E-state index < -0.39 is 17.8 Å². The van der Waals surface area contributed by atoms with Crippen LogP contribution in [0.1, 0.15) is 78.9 Å². The first-order valence-corrected chi connectivity index (χ1v) is 19.6. The molecule has 5 aromatic rings. The van der Waals surface area contributed by atoms with Crippen molar-refractivity contribution in [2.45, 2.75) is 82.6 Å². The summed E-state index contributed by atoms with van der Waals surface area (Å²) in [5, 5.41) is 9.20. The molecule has 0 radical (unpaired) electrons. The van der Waals surface area contributed by atoms with E-state index in [2.05, 4.69) is 59.6 Å². The van der Waals surface area contributed by atoms with E-state index in [0.29, 0.717) is 35.2 Å². The highest BCUT2D eigenvalue weighted by Gasteiger charge is 2.40.